The third kappa shape index (κ3) is 9.89. The minimum absolute atomic E-state index is 0.0633. The Kier molecular flexibility index (Phi) is 12.8. The third-order valence-electron chi connectivity index (χ3n) is 7.90. The first-order chi connectivity index (χ1) is 21.3. The van der Waals surface area contributed by atoms with Crippen LogP contribution in [0.5, 0.6) is 11.5 Å². The molecule has 2 unspecified atom stereocenters. The minimum Gasteiger partial charge on any atom is -0.494 e. The molecule has 7 nitrogen and oxygen atoms in total. The van der Waals surface area contributed by atoms with Gasteiger partial charge < -0.3 is 23.7 Å². The number of halogens is 1. The lowest BCUT2D eigenvalue weighted by molar-refractivity contribution is -0.130. The summed E-state index contributed by atoms with van der Waals surface area (Å²) in [6, 6.07) is 18.3. The van der Waals surface area contributed by atoms with Crippen molar-refractivity contribution in [2.45, 2.75) is 59.0 Å². The Morgan fingerprint density at radius 3 is 2.16 bits per heavy atom. The zero-order valence-corrected chi connectivity index (χ0v) is 25.9. The third-order valence-corrected chi connectivity index (χ3v) is 7.90. The van der Waals surface area contributed by atoms with Crippen molar-refractivity contribution in [3.63, 3.8) is 0 Å². The molecule has 3 aromatic rings. The van der Waals surface area contributed by atoms with Gasteiger partial charge in [-0.3, -0.25) is 0 Å². The SMILES string of the molecule is CC[C@@H](C)COC(=O)c1ccc(OC(=O)c2ccc(-c3ccc(OCCCCCCOCC4COC4C)cc3)cc2)c(F)c1. The van der Waals surface area contributed by atoms with Crippen LogP contribution in [0, 0.1) is 17.7 Å². The van der Waals surface area contributed by atoms with E-state index in [1.54, 1.807) is 12.1 Å². The Labute approximate surface area is 259 Å². The Hall–Kier alpha value is -3.75. The van der Waals surface area contributed by atoms with E-state index in [-0.39, 0.29) is 29.4 Å². The van der Waals surface area contributed by atoms with Gasteiger partial charge in [0.25, 0.3) is 0 Å². The van der Waals surface area contributed by atoms with E-state index < -0.39 is 17.8 Å². The van der Waals surface area contributed by atoms with Crippen molar-refractivity contribution in [1.82, 2.24) is 0 Å². The number of hydrogen-bond acceptors (Lipinski definition) is 7. The summed E-state index contributed by atoms with van der Waals surface area (Å²) in [5, 5.41) is 0. The molecule has 0 aliphatic carbocycles. The highest BCUT2D eigenvalue weighted by Gasteiger charge is 2.27. The van der Waals surface area contributed by atoms with Crippen LogP contribution in [-0.2, 0) is 14.2 Å². The van der Waals surface area contributed by atoms with Crippen LogP contribution in [0.3, 0.4) is 0 Å². The molecule has 44 heavy (non-hydrogen) atoms. The van der Waals surface area contributed by atoms with Gasteiger partial charge >= 0.3 is 11.9 Å². The molecule has 8 heteroatoms. The van der Waals surface area contributed by atoms with Crippen molar-refractivity contribution in [1.29, 1.82) is 0 Å². The predicted octanol–water partition coefficient (Wildman–Crippen LogP) is 7.91. The van der Waals surface area contributed by atoms with Crippen molar-refractivity contribution in [3.8, 4) is 22.6 Å². The molecule has 0 spiro atoms. The second-order valence-electron chi connectivity index (χ2n) is 11.4. The van der Waals surface area contributed by atoms with Gasteiger partial charge in [0, 0.05) is 12.5 Å². The van der Waals surface area contributed by atoms with E-state index in [1.165, 1.54) is 12.1 Å². The first kappa shape index (κ1) is 33.1. The van der Waals surface area contributed by atoms with Gasteiger partial charge in [0.2, 0.25) is 0 Å². The lowest BCUT2D eigenvalue weighted by Crippen LogP contribution is -2.40. The number of rotatable bonds is 17. The number of ether oxygens (including phenoxy) is 5. The molecule has 0 radical (unpaired) electrons. The van der Waals surface area contributed by atoms with Gasteiger partial charge in [-0.25, -0.2) is 14.0 Å². The molecule has 1 aliphatic heterocycles. The number of carbonyl (C=O) groups is 2. The van der Waals surface area contributed by atoms with E-state index in [1.807, 2.05) is 50.2 Å². The average Bonchev–Trinajstić information content (AvgIpc) is 3.04. The molecule has 3 aromatic carbocycles. The maximum absolute atomic E-state index is 14.6. The van der Waals surface area contributed by atoms with E-state index in [2.05, 4.69) is 6.92 Å². The van der Waals surface area contributed by atoms with E-state index in [0.29, 0.717) is 18.6 Å². The molecule has 0 bridgehead atoms. The fraction of sp³-hybridized carbons (Fsp3) is 0.444. The summed E-state index contributed by atoms with van der Waals surface area (Å²) in [5.74, 6) is -0.802. The second-order valence-corrected chi connectivity index (χ2v) is 11.4. The number of esters is 2. The van der Waals surface area contributed by atoms with Gasteiger partial charge in [-0.1, -0.05) is 51.0 Å². The standard InChI is InChI=1S/C36H43FO7/c1-4-25(2)22-43-35(38)30-15-18-34(33(37)21-30)44-36(39)29-11-9-27(10-12-29)28-13-16-32(17-14-28)41-20-8-6-5-7-19-40-23-31-24-42-26(31)3/h9-18,21,25-26,31H,4-8,19-20,22-24H2,1-3H3/t25-,26?,31?/m1/s1. The molecule has 0 N–H and O–H groups in total. The van der Waals surface area contributed by atoms with Crippen LogP contribution in [0.2, 0.25) is 0 Å². The average molecular weight is 607 g/mol. The Balaban J connectivity index is 1.16. The number of carbonyl (C=O) groups excluding carboxylic acids is 2. The molecule has 1 saturated heterocycles. The van der Waals surface area contributed by atoms with Crippen LogP contribution >= 0.6 is 0 Å². The molecular weight excluding hydrogens is 563 g/mol. The van der Waals surface area contributed by atoms with Crippen molar-refractivity contribution in [3.05, 3.63) is 83.7 Å². The second kappa shape index (κ2) is 16.9. The molecule has 1 fully saturated rings. The fourth-order valence-electron chi connectivity index (χ4n) is 4.52. The summed E-state index contributed by atoms with van der Waals surface area (Å²) in [7, 11) is 0. The van der Waals surface area contributed by atoms with Crippen molar-refractivity contribution in [2.75, 3.05) is 33.0 Å². The smallest absolute Gasteiger partial charge is 0.343 e. The van der Waals surface area contributed by atoms with Crippen molar-refractivity contribution >= 4 is 11.9 Å². The molecule has 1 heterocycles. The Morgan fingerprint density at radius 1 is 0.886 bits per heavy atom. The molecule has 3 atom stereocenters. The summed E-state index contributed by atoms with van der Waals surface area (Å²) in [5.41, 5.74) is 2.23. The van der Waals surface area contributed by atoms with Gasteiger partial charge in [-0.15, -0.1) is 0 Å². The Bertz CT molecular complexity index is 1340. The highest BCUT2D eigenvalue weighted by atomic mass is 19.1. The first-order valence-electron chi connectivity index (χ1n) is 15.6. The largest absolute Gasteiger partial charge is 0.494 e. The van der Waals surface area contributed by atoms with Gasteiger partial charge in [0.15, 0.2) is 11.6 Å². The van der Waals surface area contributed by atoms with Crippen LogP contribution in [0.15, 0.2) is 66.7 Å². The Morgan fingerprint density at radius 2 is 1.55 bits per heavy atom. The highest BCUT2D eigenvalue weighted by molar-refractivity contribution is 5.92. The predicted molar refractivity (Wildman–Crippen MR) is 167 cm³/mol. The zero-order valence-electron chi connectivity index (χ0n) is 25.9. The van der Waals surface area contributed by atoms with E-state index in [9.17, 15) is 14.0 Å². The minimum atomic E-state index is -0.815. The van der Waals surface area contributed by atoms with Crippen LogP contribution in [0.4, 0.5) is 4.39 Å². The van der Waals surface area contributed by atoms with Crippen LogP contribution in [0.25, 0.3) is 11.1 Å². The van der Waals surface area contributed by atoms with Crippen LogP contribution in [-0.4, -0.2) is 51.1 Å². The number of benzene rings is 3. The zero-order chi connectivity index (χ0) is 31.3. The number of hydrogen-bond donors (Lipinski definition) is 0. The monoisotopic (exact) mass is 606 g/mol. The summed E-state index contributed by atoms with van der Waals surface area (Å²) in [6.07, 6.45) is 5.48. The van der Waals surface area contributed by atoms with Gasteiger partial charge in [0.05, 0.1) is 43.7 Å². The molecule has 236 valence electrons. The summed E-state index contributed by atoms with van der Waals surface area (Å²) >= 11 is 0. The summed E-state index contributed by atoms with van der Waals surface area (Å²) in [4.78, 5) is 24.8. The van der Waals surface area contributed by atoms with Crippen LogP contribution < -0.4 is 9.47 Å². The topological polar surface area (TPSA) is 80.3 Å². The molecule has 0 amide bonds. The van der Waals surface area contributed by atoms with Crippen molar-refractivity contribution in [2.24, 2.45) is 11.8 Å². The maximum Gasteiger partial charge on any atom is 0.343 e. The van der Waals surface area contributed by atoms with Gasteiger partial charge in [0.1, 0.15) is 5.75 Å². The maximum atomic E-state index is 14.6. The van der Waals surface area contributed by atoms with Crippen LogP contribution in [0.1, 0.15) is 73.6 Å². The van der Waals surface area contributed by atoms with E-state index >= 15 is 0 Å². The molecule has 0 saturated carbocycles. The quantitative estimate of drug-likeness (QED) is 0.0878. The van der Waals surface area contributed by atoms with E-state index in [4.69, 9.17) is 23.7 Å². The molecule has 1 aliphatic rings. The van der Waals surface area contributed by atoms with Crippen molar-refractivity contribution < 1.29 is 37.7 Å². The summed E-state index contributed by atoms with van der Waals surface area (Å²) < 4.78 is 42.0. The lowest BCUT2D eigenvalue weighted by Gasteiger charge is -2.33. The molecular formula is C36H43FO7. The highest BCUT2D eigenvalue weighted by Crippen LogP contribution is 2.25. The van der Waals surface area contributed by atoms with Gasteiger partial charge in [-0.2, -0.15) is 0 Å². The molecule has 4 rings (SSSR count). The van der Waals surface area contributed by atoms with E-state index in [0.717, 1.165) is 74.9 Å². The van der Waals surface area contributed by atoms with Gasteiger partial charge in [-0.05, 0) is 85.7 Å². The first-order valence-corrected chi connectivity index (χ1v) is 15.6. The lowest BCUT2D eigenvalue weighted by atomic mass is 10.0. The number of unbranched alkanes of at least 4 members (excludes halogenated alkanes) is 3. The summed E-state index contributed by atoms with van der Waals surface area (Å²) in [6.45, 7) is 9.41. The normalized spacial score (nSPS) is 16.5. The molecule has 0 aromatic heterocycles. The fourth-order valence-corrected chi connectivity index (χ4v) is 4.52.